The van der Waals surface area contributed by atoms with Crippen LogP contribution in [0.5, 0.6) is 0 Å². The Bertz CT molecular complexity index is 994. The molecule has 32 heavy (non-hydrogen) atoms. The molecule has 3 N–H and O–H groups in total. The van der Waals surface area contributed by atoms with Crippen molar-refractivity contribution in [3.05, 3.63) is 58.9 Å². The summed E-state index contributed by atoms with van der Waals surface area (Å²) in [5.74, 6) is -0.381. The molecule has 2 heterocycles. The molecule has 1 aliphatic heterocycles. The number of hydrogen-bond donors (Lipinski definition) is 3. The lowest BCUT2D eigenvalue weighted by atomic mass is 9.56. The summed E-state index contributed by atoms with van der Waals surface area (Å²) in [6.45, 7) is 6.32. The summed E-state index contributed by atoms with van der Waals surface area (Å²) in [6.07, 6.45) is 5.26. The molecule has 172 valence electrons. The van der Waals surface area contributed by atoms with Crippen LogP contribution in [0.1, 0.15) is 79.6 Å². The highest BCUT2D eigenvalue weighted by molar-refractivity contribution is 6.04. The number of carbonyl (C=O) groups excluding carboxylic acids is 1. The second-order valence-electron chi connectivity index (χ2n) is 9.46. The number of nitrogens with one attached hydrogen (secondary N) is 1. The Morgan fingerprint density at radius 1 is 1.28 bits per heavy atom. The summed E-state index contributed by atoms with van der Waals surface area (Å²) in [4.78, 5) is 17.2. The summed E-state index contributed by atoms with van der Waals surface area (Å²) >= 11 is 0. The molecule has 1 aromatic carbocycles. The first-order valence-electron chi connectivity index (χ1n) is 11.7. The zero-order chi connectivity index (χ0) is 22.9. The molecular formula is C26H34N2O4. The standard InChI is InChI=1S/C26H34N2O4/c1-4-10-25(31)11-12-26(5-2)20-9-8-18(14-19(20)16-32-24(30)21(26)15-25)23(29)28-22-7-6-13-27-17(22)3/h6-9,13-14,21,24,30-31H,4-5,10-12,15-16H2,1-3H3,(H,28,29). The number of aryl methyl sites for hydroxylation is 1. The van der Waals surface area contributed by atoms with Crippen LogP contribution in [0.3, 0.4) is 0 Å². The number of anilines is 1. The second kappa shape index (κ2) is 8.93. The van der Waals surface area contributed by atoms with E-state index in [2.05, 4.69) is 24.1 Å². The van der Waals surface area contributed by atoms with Crippen molar-refractivity contribution in [2.24, 2.45) is 5.92 Å². The topological polar surface area (TPSA) is 91.7 Å². The molecule has 0 saturated heterocycles. The number of pyridine rings is 1. The van der Waals surface area contributed by atoms with Crippen LogP contribution in [0.2, 0.25) is 0 Å². The van der Waals surface area contributed by atoms with Gasteiger partial charge in [0.05, 0.1) is 23.6 Å². The van der Waals surface area contributed by atoms with E-state index >= 15 is 0 Å². The van der Waals surface area contributed by atoms with Crippen molar-refractivity contribution in [1.82, 2.24) is 4.98 Å². The molecule has 2 aromatic rings. The smallest absolute Gasteiger partial charge is 0.255 e. The lowest BCUT2D eigenvalue weighted by Crippen LogP contribution is -2.51. The van der Waals surface area contributed by atoms with Gasteiger partial charge in [-0.1, -0.05) is 26.3 Å². The van der Waals surface area contributed by atoms with Crippen LogP contribution in [0.15, 0.2) is 36.5 Å². The summed E-state index contributed by atoms with van der Waals surface area (Å²) in [5.41, 5.74) is 3.03. The van der Waals surface area contributed by atoms with Gasteiger partial charge in [-0.2, -0.15) is 0 Å². The largest absolute Gasteiger partial charge is 0.390 e. The number of carbonyl (C=O) groups is 1. The van der Waals surface area contributed by atoms with Gasteiger partial charge in [-0.05, 0) is 74.4 Å². The zero-order valence-electron chi connectivity index (χ0n) is 19.2. The molecule has 0 spiro atoms. The van der Waals surface area contributed by atoms with Crippen molar-refractivity contribution in [2.45, 2.75) is 83.2 Å². The number of benzene rings is 1. The molecule has 2 aliphatic rings. The fourth-order valence-electron chi connectivity index (χ4n) is 5.82. The molecule has 0 radical (unpaired) electrons. The van der Waals surface area contributed by atoms with Crippen LogP contribution < -0.4 is 5.32 Å². The molecule has 1 fully saturated rings. The number of amides is 1. The minimum absolute atomic E-state index is 0.184. The minimum atomic E-state index is -0.943. The van der Waals surface area contributed by atoms with Crippen LogP contribution in [-0.4, -0.2) is 33.0 Å². The quantitative estimate of drug-likeness (QED) is 0.641. The van der Waals surface area contributed by atoms with Crippen LogP contribution in [0.25, 0.3) is 0 Å². The molecule has 1 aromatic heterocycles. The van der Waals surface area contributed by atoms with Gasteiger partial charge in [0.25, 0.3) is 5.91 Å². The lowest BCUT2D eigenvalue weighted by Gasteiger charge is -2.50. The molecule has 0 bridgehead atoms. The molecule has 1 amide bonds. The maximum atomic E-state index is 12.9. The Morgan fingerprint density at radius 2 is 2.09 bits per heavy atom. The highest BCUT2D eigenvalue weighted by atomic mass is 16.6. The number of nitrogens with zero attached hydrogens (tertiary/aromatic N) is 1. The van der Waals surface area contributed by atoms with Crippen LogP contribution in [-0.2, 0) is 16.8 Å². The van der Waals surface area contributed by atoms with E-state index in [1.165, 1.54) is 0 Å². The lowest BCUT2D eigenvalue weighted by molar-refractivity contribution is -0.184. The average molecular weight is 439 g/mol. The van der Waals surface area contributed by atoms with Gasteiger partial charge in [0.1, 0.15) is 0 Å². The fourth-order valence-corrected chi connectivity index (χ4v) is 5.82. The van der Waals surface area contributed by atoms with E-state index in [4.69, 9.17) is 4.74 Å². The van der Waals surface area contributed by atoms with E-state index in [9.17, 15) is 15.0 Å². The van der Waals surface area contributed by atoms with Crippen molar-refractivity contribution in [2.75, 3.05) is 5.32 Å². The Balaban J connectivity index is 1.67. The van der Waals surface area contributed by atoms with E-state index in [0.29, 0.717) is 24.1 Å². The number of aromatic nitrogens is 1. The molecule has 4 rings (SSSR count). The Kier molecular flexibility index (Phi) is 6.39. The van der Waals surface area contributed by atoms with Gasteiger partial charge < -0.3 is 20.3 Å². The Hall–Kier alpha value is -2.28. The van der Waals surface area contributed by atoms with Crippen molar-refractivity contribution in [1.29, 1.82) is 0 Å². The second-order valence-corrected chi connectivity index (χ2v) is 9.46. The number of ether oxygens (including phenoxy) is 1. The highest BCUT2D eigenvalue weighted by Crippen LogP contribution is 2.54. The first-order valence-corrected chi connectivity index (χ1v) is 11.7. The van der Waals surface area contributed by atoms with E-state index < -0.39 is 11.9 Å². The molecule has 1 saturated carbocycles. The fraction of sp³-hybridized carbons (Fsp3) is 0.538. The third-order valence-corrected chi connectivity index (χ3v) is 7.61. The van der Waals surface area contributed by atoms with E-state index in [0.717, 1.165) is 42.5 Å². The first-order chi connectivity index (χ1) is 15.3. The third-order valence-electron chi connectivity index (χ3n) is 7.61. The summed E-state index contributed by atoms with van der Waals surface area (Å²) in [5, 5.41) is 25.0. The number of aliphatic hydroxyl groups excluding tert-OH is 1. The zero-order valence-corrected chi connectivity index (χ0v) is 19.2. The van der Waals surface area contributed by atoms with Crippen molar-refractivity contribution in [3.8, 4) is 0 Å². The summed E-state index contributed by atoms with van der Waals surface area (Å²) < 4.78 is 5.87. The van der Waals surface area contributed by atoms with Gasteiger partial charge in [0.2, 0.25) is 0 Å². The van der Waals surface area contributed by atoms with Gasteiger partial charge in [0.15, 0.2) is 6.29 Å². The van der Waals surface area contributed by atoms with Crippen molar-refractivity contribution < 1.29 is 19.7 Å². The Morgan fingerprint density at radius 3 is 2.81 bits per heavy atom. The van der Waals surface area contributed by atoms with Crippen molar-refractivity contribution in [3.63, 3.8) is 0 Å². The maximum Gasteiger partial charge on any atom is 0.255 e. The van der Waals surface area contributed by atoms with Gasteiger partial charge in [-0.25, -0.2) is 0 Å². The van der Waals surface area contributed by atoms with E-state index in [1.54, 1.807) is 12.3 Å². The molecule has 6 heteroatoms. The average Bonchev–Trinajstić information content (AvgIpc) is 2.90. The number of hydrogen-bond acceptors (Lipinski definition) is 5. The van der Waals surface area contributed by atoms with Gasteiger partial charge in [0, 0.05) is 23.1 Å². The van der Waals surface area contributed by atoms with Gasteiger partial charge in [-0.15, -0.1) is 0 Å². The molecule has 4 atom stereocenters. The van der Waals surface area contributed by atoms with Gasteiger partial charge >= 0.3 is 0 Å². The summed E-state index contributed by atoms with van der Waals surface area (Å²) in [6, 6.07) is 9.40. The van der Waals surface area contributed by atoms with E-state index in [-0.39, 0.29) is 23.8 Å². The molecule has 4 unspecified atom stereocenters. The van der Waals surface area contributed by atoms with E-state index in [1.807, 2.05) is 31.2 Å². The molecular weight excluding hydrogens is 404 g/mol. The Labute approximate surface area is 190 Å². The van der Waals surface area contributed by atoms with Crippen LogP contribution in [0, 0.1) is 12.8 Å². The number of rotatable bonds is 5. The predicted octanol–water partition coefficient (Wildman–Crippen LogP) is 4.47. The highest BCUT2D eigenvalue weighted by Gasteiger charge is 2.53. The minimum Gasteiger partial charge on any atom is -0.390 e. The van der Waals surface area contributed by atoms with Crippen LogP contribution in [0.4, 0.5) is 5.69 Å². The predicted molar refractivity (Wildman–Crippen MR) is 123 cm³/mol. The van der Waals surface area contributed by atoms with Crippen LogP contribution >= 0.6 is 0 Å². The molecule has 1 aliphatic carbocycles. The van der Waals surface area contributed by atoms with Crippen molar-refractivity contribution >= 4 is 11.6 Å². The monoisotopic (exact) mass is 438 g/mol. The van der Waals surface area contributed by atoms with Gasteiger partial charge in [-0.3, -0.25) is 9.78 Å². The number of fused-ring (bicyclic) bond motifs is 3. The normalized spacial score (nSPS) is 29.5. The first kappa shape index (κ1) is 22.9. The third kappa shape index (κ3) is 4.07. The molecule has 6 nitrogen and oxygen atoms in total. The summed E-state index contributed by atoms with van der Waals surface area (Å²) in [7, 11) is 0. The maximum absolute atomic E-state index is 12.9. The number of aliphatic hydroxyl groups is 2. The SMILES string of the molecule is CCCC1(O)CCC2(CC)c3ccc(C(=O)Nc4cccnc4C)cc3COC(O)C2C1.